The van der Waals surface area contributed by atoms with E-state index in [9.17, 15) is 0 Å². The third-order valence-corrected chi connectivity index (χ3v) is 19.6. The fourth-order valence-corrected chi connectivity index (χ4v) is 15.1. The summed E-state index contributed by atoms with van der Waals surface area (Å²) in [5, 5.41) is 0. The molecular weight excluding hydrogens is 1120 g/mol. The van der Waals surface area contributed by atoms with Crippen LogP contribution in [0.5, 0.6) is 0 Å². The summed E-state index contributed by atoms with van der Waals surface area (Å²) in [5.41, 5.74) is 31.7. The molecule has 12 aromatic carbocycles. The van der Waals surface area contributed by atoms with Crippen LogP contribution >= 0.6 is 0 Å². The summed E-state index contributed by atoms with van der Waals surface area (Å²) in [6.45, 7) is 0. The van der Waals surface area contributed by atoms with E-state index >= 15 is 0 Å². The van der Waals surface area contributed by atoms with E-state index in [0.717, 1.165) is 56.8 Å². The maximum atomic E-state index is 5.82. The number of amidine groups is 1. The molecule has 1 unspecified atom stereocenters. The number of hydrogen-bond acceptors (Lipinski definition) is 2. The van der Waals surface area contributed by atoms with Crippen molar-refractivity contribution in [2.45, 2.75) is 30.1 Å². The van der Waals surface area contributed by atoms with Crippen LogP contribution in [0.1, 0.15) is 69.2 Å². The number of allylic oxidation sites excluding steroid dienone is 11. The SMILES string of the molecule is C1=CC=CC(c2cc(-c3cccc(-c4ccccc4)c3)cc(C3C=CC=C(C4=CCC(c5ccc6c(c5)C5(c7ccccc7-c7ccccc75)c5ccccc5-6)=NC(c5cccc(-c6cc(-c7ccccc7)cc(-c7cccc(-c8ccccc8)c7)c6)c5)=N4)C3)c2)C=C1. The number of fused-ring (bicyclic) bond motifs is 10. The molecular formula is C91H64N2. The highest BCUT2D eigenvalue weighted by molar-refractivity contribution is 6.15. The first-order chi connectivity index (χ1) is 46.1. The summed E-state index contributed by atoms with van der Waals surface area (Å²) in [7, 11) is 0. The molecule has 2 heteroatoms. The Morgan fingerprint density at radius 2 is 0.720 bits per heavy atom. The second-order valence-electron chi connectivity index (χ2n) is 25.0. The first-order valence-corrected chi connectivity index (χ1v) is 32.5. The largest absolute Gasteiger partial charge is 0.232 e. The van der Waals surface area contributed by atoms with Gasteiger partial charge in [-0.25, -0.2) is 9.98 Å². The molecule has 12 aromatic rings. The van der Waals surface area contributed by atoms with Crippen LogP contribution in [-0.2, 0) is 5.41 Å². The summed E-state index contributed by atoms with van der Waals surface area (Å²) < 4.78 is 0. The second-order valence-corrected chi connectivity index (χ2v) is 25.0. The Kier molecular flexibility index (Phi) is 14.1. The van der Waals surface area contributed by atoms with E-state index in [1.165, 1.54) is 100 Å². The lowest BCUT2D eigenvalue weighted by Crippen LogP contribution is -2.26. The summed E-state index contributed by atoms with van der Waals surface area (Å²) in [5.74, 6) is 0.910. The van der Waals surface area contributed by atoms with Crippen LogP contribution in [0.2, 0.25) is 0 Å². The zero-order valence-electron chi connectivity index (χ0n) is 51.4. The highest BCUT2D eigenvalue weighted by Crippen LogP contribution is 2.63. The van der Waals surface area contributed by atoms with Crippen LogP contribution in [0.25, 0.3) is 89.0 Å². The Morgan fingerprint density at radius 3 is 1.28 bits per heavy atom. The molecule has 0 N–H and O–H groups in total. The molecule has 5 aliphatic rings. The number of benzene rings is 12. The molecule has 438 valence electrons. The van der Waals surface area contributed by atoms with Crippen LogP contribution < -0.4 is 0 Å². The van der Waals surface area contributed by atoms with Crippen molar-refractivity contribution in [3.05, 3.63) is 408 Å². The Bertz CT molecular complexity index is 5120. The lowest BCUT2D eigenvalue weighted by molar-refractivity contribution is 0.793. The normalized spacial score (nSPS) is 15.7. The number of nitrogens with zero attached hydrogens (tertiary/aromatic N) is 2. The van der Waals surface area contributed by atoms with Crippen molar-refractivity contribution in [3.63, 3.8) is 0 Å². The number of hydrogen-bond donors (Lipinski definition) is 0. The molecule has 1 atom stereocenters. The fraction of sp³-hybridized carbons (Fsp3) is 0.0549. The minimum Gasteiger partial charge on any atom is -0.232 e. The number of rotatable bonds is 11. The average molecular weight is 1190 g/mol. The maximum Gasteiger partial charge on any atom is 0.160 e. The van der Waals surface area contributed by atoms with Crippen molar-refractivity contribution in [1.29, 1.82) is 0 Å². The van der Waals surface area contributed by atoms with E-state index in [4.69, 9.17) is 9.98 Å². The summed E-state index contributed by atoms with van der Waals surface area (Å²) in [6, 6.07) is 108. The lowest BCUT2D eigenvalue weighted by Gasteiger charge is -2.30. The molecule has 4 aliphatic carbocycles. The Labute approximate surface area is 545 Å². The minimum absolute atomic E-state index is 0.0931. The molecule has 1 spiro atoms. The van der Waals surface area contributed by atoms with Crippen LogP contribution in [-0.4, -0.2) is 11.5 Å². The van der Waals surface area contributed by atoms with E-state index in [1.54, 1.807) is 0 Å². The molecule has 93 heavy (non-hydrogen) atoms. The highest BCUT2D eigenvalue weighted by atomic mass is 14.9. The monoisotopic (exact) mass is 1180 g/mol. The first-order valence-electron chi connectivity index (χ1n) is 32.5. The smallest absolute Gasteiger partial charge is 0.160 e. The van der Waals surface area contributed by atoms with E-state index in [2.05, 4.69) is 352 Å². The summed E-state index contributed by atoms with van der Waals surface area (Å²) in [4.78, 5) is 11.6. The predicted molar refractivity (Wildman–Crippen MR) is 389 cm³/mol. The van der Waals surface area contributed by atoms with Gasteiger partial charge >= 0.3 is 0 Å². The quantitative estimate of drug-likeness (QED) is 0.123. The summed E-state index contributed by atoms with van der Waals surface area (Å²) >= 11 is 0. The zero-order valence-corrected chi connectivity index (χ0v) is 51.4. The molecule has 0 radical (unpaired) electrons. The standard InChI is InChI=1S/C91H64N2/c1-2-7-29-63(28-6-1)74-54-76(67-34-20-32-65(50-67)61-24-8-3-9-25-61)58-78(56-74)69-36-22-38-71(52-69)88-48-49-89(72-46-47-83-82-42-16-19-45-86(82)91(87(83)60-72)84-43-17-14-40-80(84)81-41-15-18-44-85(81)91)93-90(92-88)73-39-23-37-70(53-73)79-57-75(64-30-12-5-13-31-64)55-77(59-79)68-35-21-33-66(51-68)62-26-10-4-11-27-62/h1-48,50-51,53-60,63,69H,49,52H2. The molecule has 1 aliphatic heterocycles. The molecule has 2 nitrogen and oxygen atoms in total. The van der Waals surface area contributed by atoms with Gasteiger partial charge in [0.2, 0.25) is 0 Å². The lowest BCUT2D eigenvalue weighted by atomic mass is 9.70. The third kappa shape index (κ3) is 10.2. The van der Waals surface area contributed by atoms with Crippen LogP contribution in [0, 0.1) is 0 Å². The van der Waals surface area contributed by atoms with Gasteiger partial charge in [0.25, 0.3) is 0 Å². The minimum atomic E-state index is -0.488. The molecule has 0 saturated heterocycles. The summed E-state index contributed by atoms with van der Waals surface area (Å²) in [6.07, 6.45) is 23.8. The molecule has 17 rings (SSSR count). The van der Waals surface area contributed by atoms with Gasteiger partial charge in [-0.2, -0.15) is 0 Å². The van der Waals surface area contributed by atoms with Crippen molar-refractivity contribution in [3.8, 4) is 89.0 Å². The van der Waals surface area contributed by atoms with Gasteiger partial charge in [-0.15, -0.1) is 0 Å². The van der Waals surface area contributed by atoms with Crippen molar-refractivity contribution < 1.29 is 0 Å². The molecule has 1 heterocycles. The third-order valence-electron chi connectivity index (χ3n) is 19.6. The van der Waals surface area contributed by atoms with Crippen LogP contribution in [0.4, 0.5) is 0 Å². The van der Waals surface area contributed by atoms with E-state index < -0.39 is 5.41 Å². The topological polar surface area (TPSA) is 24.7 Å². The van der Waals surface area contributed by atoms with E-state index in [-0.39, 0.29) is 11.8 Å². The van der Waals surface area contributed by atoms with Crippen molar-refractivity contribution in [2.24, 2.45) is 9.98 Å². The Hall–Kier alpha value is -11.6. The Balaban J connectivity index is 0.793. The predicted octanol–water partition coefficient (Wildman–Crippen LogP) is 23.0. The Morgan fingerprint density at radius 1 is 0.290 bits per heavy atom. The molecule has 0 amide bonds. The molecule has 0 aromatic heterocycles. The molecule has 0 bridgehead atoms. The van der Waals surface area contributed by atoms with Gasteiger partial charge in [-0.3, -0.25) is 0 Å². The van der Waals surface area contributed by atoms with Crippen molar-refractivity contribution in [1.82, 2.24) is 0 Å². The molecule has 0 saturated carbocycles. The fourth-order valence-electron chi connectivity index (χ4n) is 15.1. The second kappa shape index (κ2) is 23.7. The van der Waals surface area contributed by atoms with E-state index in [1.807, 2.05) is 0 Å². The van der Waals surface area contributed by atoms with Gasteiger partial charge in [0.15, 0.2) is 5.84 Å². The van der Waals surface area contributed by atoms with Gasteiger partial charge in [-0.1, -0.05) is 309 Å². The van der Waals surface area contributed by atoms with Gasteiger partial charge in [-0.05, 0) is 182 Å². The highest BCUT2D eigenvalue weighted by Gasteiger charge is 2.51. The van der Waals surface area contributed by atoms with Crippen LogP contribution in [0.15, 0.2) is 373 Å². The first kappa shape index (κ1) is 55.5. The van der Waals surface area contributed by atoms with Gasteiger partial charge in [0, 0.05) is 23.8 Å². The van der Waals surface area contributed by atoms with Gasteiger partial charge < -0.3 is 0 Å². The number of aliphatic imine (C=N–C) groups is 2. The maximum absolute atomic E-state index is 5.82. The average Bonchev–Trinajstić information content (AvgIpc) is 1.51. The van der Waals surface area contributed by atoms with Crippen molar-refractivity contribution in [2.75, 3.05) is 0 Å². The van der Waals surface area contributed by atoms with Gasteiger partial charge in [0.1, 0.15) is 0 Å². The molecule has 0 fully saturated rings. The van der Waals surface area contributed by atoms with Gasteiger partial charge in [0.05, 0.1) is 16.8 Å². The zero-order chi connectivity index (χ0) is 61.7. The van der Waals surface area contributed by atoms with Crippen LogP contribution in [0.3, 0.4) is 0 Å². The van der Waals surface area contributed by atoms with E-state index in [0.29, 0.717) is 12.3 Å². The van der Waals surface area contributed by atoms with Crippen molar-refractivity contribution >= 4 is 11.5 Å².